The Labute approximate surface area is 151 Å². The molecule has 25 heavy (non-hydrogen) atoms. The van der Waals surface area contributed by atoms with Crippen LogP contribution in [0, 0.1) is 18.8 Å². The van der Waals surface area contributed by atoms with Gasteiger partial charge in [-0.25, -0.2) is 0 Å². The number of allylic oxidation sites excluding steroid dienone is 1. The Bertz CT molecular complexity index is 570. The molecule has 1 aromatic carbocycles. The number of ether oxygens (including phenoxy) is 2. The van der Waals surface area contributed by atoms with Crippen molar-refractivity contribution in [2.45, 2.75) is 47.0 Å². The highest BCUT2D eigenvalue weighted by atomic mass is 16.6. The van der Waals surface area contributed by atoms with Crippen molar-refractivity contribution in [3.05, 3.63) is 47.5 Å². The third kappa shape index (κ3) is 6.04. The number of hydrogen-bond acceptors (Lipinski definition) is 4. The summed E-state index contributed by atoms with van der Waals surface area (Å²) in [5, 5.41) is 0. The van der Waals surface area contributed by atoms with Crippen LogP contribution in [0.1, 0.15) is 51.2 Å². The van der Waals surface area contributed by atoms with E-state index >= 15 is 0 Å². The van der Waals surface area contributed by atoms with E-state index in [9.17, 15) is 9.59 Å². The zero-order valence-electron chi connectivity index (χ0n) is 16.0. The van der Waals surface area contributed by atoms with Crippen molar-refractivity contribution in [1.82, 2.24) is 0 Å². The molecule has 2 atom stereocenters. The van der Waals surface area contributed by atoms with Crippen molar-refractivity contribution < 1.29 is 19.1 Å². The van der Waals surface area contributed by atoms with Crippen LogP contribution in [-0.4, -0.2) is 25.2 Å². The zero-order chi connectivity index (χ0) is 19.0. The molecule has 0 saturated heterocycles. The highest BCUT2D eigenvalue weighted by Crippen LogP contribution is 2.36. The van der Waals surface area contributed by atoms with E-state index in [1.54, 1.807) is 13.8 Å². The number of rotatable bonds is 9. The van der Waals surface area contributed by atoms with E-state index < -0.39 is 17.9 Å². The molecule has 0 N–H and O–H groups in total. The van der Waals surface area contributed by atoms with Gasteiger partial charge in [-0.15, -0.1) is 6.58 Å². The number of carbonyl (C=O) groups excluding carboxylic acids is 2. The van der Waals surface area contributed by atoms with Crippen LogP contribution in [0.25, 0.3) is 0 Å². The van der Waals surface area contributed by atoms with E-state index in [-0.39, 0.29) is 25.0 Å². The van der Waals surface area contributed by atoms with Crippen molar-refractivity contribution in [3.63, 3.8) is 0 Å². The molecule has 0 aromatic heterocycles. The maximum absolute atomic E-state index is 12.5. The van der Waals surface area contributed by atoms with Crippen molar-refractivity contribution >= 4 is 11.9 Å². The van der Waals surface area contributed by atoms with Crippen LogP contribution in [0.5, 0.6) is 0 Å². The largest absolute Gasteiger partial charge is 0.465 e. The standard InChI is InChI=1S/C21H30O4/c1-7-24-20(22)19(21(23)25-8-2)18(13-14(3)4)16(6)17-11-9-15(5)10-12-17/h9-12,16,18-19H,3,7-8,13H2,1-2,4-6H3/t16-,18+/m1/s1. The molecule has 0 aliphatic heterocycles. The molecule has 0 heterocycles. The van der Waals surface area contributed by atoms with Crippen LogP contribution in [0.15, 0.2) is 36.4 Å². The van der Waals surface area contributed by atoms with Crippen LogP contribution in [0.3, 0.4) is 0 Å². The van der Waals surface area contributed by atoms with Crippen LogP contribution in [0.4, 0.5) is 0 Å². The first-order valence-electron chi connectivity index (χ1n) is 8.85. The number of aryl methyl sites for hydroxylation is 1. The van der Waals surface area contributed by atoms with E-state index in [1.807, 2.05) is 45.0 Å². The molecule has 4 heteroatoms. The van der Waals surface area contributed by atoms with E-state index in [0.29, 0.717) is 6.42 Å². The molecule has 0 aliphatic carbocycles. The van der Waals surface area contributed by atoms with Crippen molar-refractivity contribution in [2.24, 2.45) is 11.8 Å². The monoisotopic (exact) mass is 346 g/mol. The van der Waals surface area contributed by atoms with E-state index in [1.165, 1.54) is 5.56 Å². The Kier molecular flexibility index (Phi) is 8.39. The van der Waals surface area contributed by atoms with Gasteiger partial charge >= 0.3 is 11.9 Å². The first kappa shape index (κ1) is 20.9. The molecule has 1 rings (SSSR count). The van der Waals surface area contributed by atoms with Gasteiger partial charge in [-0.1, -0.05) is 42.3 Å². The van der Waals surface area contributed by atoms with Gasteiger partial charge in [0.25, 0.3) is 0 Å². The fraction of sp³-hybridized carbons (Fsp3) is 0.524. The molecule has 138 valence electrons. The summed E-state index contributed by atoms with van der Waals surface area (Å²) in [4.78, 5) is 25.0. The van der Waals surface area contributed by atoms with Gasteiger partial charge in [0.1, 0.15) is 0 Å². The normalized spacial score (nSPS) is 13.2. The fourth-order valence-electron chi connectivity index (χ4n) is 3.01. The lowest BCUT2D eigenvalue weighted by atomic mass is 9.75. The lowest BCUT2D eigenvalue weighted by molar-refractivity contribution is -0.164. The van der Waals surface area contributed by atoms with E-state index in [4.69, 9.17) is 9.47 Å². The zero-order valence-corrected chi connectivity index (χ0v) is 16.0. The molecule has 0 unspecified atom stereocenters. The number of benzene rings is 1. The topological polar surface area (TPSA) is 52.6 Å². The van der Waals surface area contributed by atoms with Gasteiger partial charge in [-0.2, -0.15) is 0 Å². The lowest BCUT2D eigenvalue weighted by Crippen LogP contribution is -2.37. The second kappa shape index (κ2) is 10.0. The van der Waals surface area contributed by atoms with Crippen molar-refractivity contribution in [1.29, 1.82) is 0 Å². The summed E-state index contributed by atoms with van der Waals surface area (Å²) < 4.78 is 10.3. The maximum Gasteiger partial charge on any atom is 0.320 e. The summed E-state index contributed by atoms with van der Waals surface area (Å²) >= 11 is 0. The molecular weight excluding hydrogens is 316 g/mol. The van der Waals surface area contributed by atoms with Gasteiger partial charge in [-0.3, -0.25) is 9.59 Å². The average Bonchev–Trinajstić information content (AvgIpc) is 2.54. The number of esters is 2. The Morgan fingerprint density at radius 2 is 1.52 bits per heavy atom. The van der Waals surface area contributed by atoms with Gasteiger partial charge in [0, 0.05) is 0 Å². The summed E-state index contributed by atoms with van der Waals surface area (Å²) in [6.45, 7) is 13.9. The maximum atomic E-state index is 12.5. The molecule has 4 nitrogen and oxygen atoms in total. The minimum absolute atomic E-state index is 0.0175. The highest BCUT2D eigenvalue weighted by Gasteiger charge is 2.40. The van der Waals surface area contributed by atoms with Crippen LogP contribution in [0.2, 0.25) is 0 Å². The smallest absolute Gasteiger partial charge is 0.320 e. The predicted octanol–water partition coefficient (Wildman–Crippen LogP) is 4.42. The van der Waals surface area contributed by atoms with Crippen LogP contribution < -0.4 is 0 Å². The SMILES string of the molecule is C=C(C)C[C@H](C(C(=O)OCC)C(=O)OCC)[C@H](C)c1ccc(C)cc1. The summed E-state index contributed by atoms with van der Waals surface area (Å²) in [5.74, 6) is -2.28. The van der Waals surface area contributed by atoms with Gasteiger partial charge in [0.05, 0.1) is 13.2 Å². The molecule has 0 radical (unpaired) electrons. The minimum atomic E-state index is -0.951. The third-order valence-corrected chi connectivity index (χ3v) is 4.34. The molecular formula is C21H30O4. The quantitative estimate of drug-likeness (QED) is 0.377. The third-order valence-electron chi connectivity index (χ3n) is 4.34. The molecule has 0 spiro atoms. The summed E-state index contributed by atoms with van der Waals surface area (Å²) in [5.41, 5.74) is 3.16. The first-order chi connectivity index (χ1) is 11.8. The van der Waals surface area contributed by atoms with E-state index in [0.717, 1.165) is 11.1 Å². The molecule has 0 bridgehead atoms. The predicted molar refractivity (Wildman–Crippen MR) is 99.3 cm³/mol. The summed E-state index contributed by atoms with van der Waals surface area (Å²) in [6, 6.07) is 8.15. The van der Waals surface area contributed by atoms with Gasteiger partial charge < -0.3 is 9.47 Å². The summed E-state index contributed by atoms with van der Waals surface area (Å²) in [6.07, 6.45) is 0.553. The van der Waals surface area contributed by atoms with Gasteiger partial charge in [0.2, 0.25) is 0 Å². The second-order valence-corrected chi connectivity index (χ2v) is 6.51. The minimum Gasteiger partial charge on any atom is -0.465 e. The van der Waals surface area contributed by atoms with Crippen LogP contribution in [-0.2, 0) is 19.1 Å². The first-order valence-corrected chi connectivity index (χ1v) is 8.85. The van der Waals surface area contributed by atoms with E-state index in [2.05, 4.69) is 6.58 Å². The Morgan fingerprint density at radius 1 is 1.04 bits per heavy atom. The molecule has 0 amide bonds. The Hall–Kier alpha value is -2.10. The molecule has 0 fully saturated rings. The van der Waals surface area contributed by atoms with Gasteiger partial charge in [-0.05, 0) is 51.5 Å². The molecule has 0 aliphatic rings. The van der Waals surface area contributed by atoms with Crippen molar-refractivity contribution in [3.8, 4) is 0 Å². The molecule has 1 aromatic rings. The number of hydrogen-bond donors (Lipinski definition) is 0. The van der Waals surface area contributed by atoms with Crippen LogP contribution >= 0.6 is 0 Å². The number of carbonyl (C=O) groups is 2. The van der Waals surface area contributed by atoms with Gasteiger partial charge in [0.15, 0.2) is 5.92 Å². The molecule has 0 saturated carbocycles. The lowest BCUT2D eigenvalue weighted by Gasteiger charge is -2.30. The van der Waals surface area contributed by atoms with Crippen molar-refractivity contribution in [2.75, 3.05) is 13.2 Å². The highest BCUT2D eigenvalue weighted by molar-refractivity contribution is 5.95. The second-order valence-electron chi connectivity index (χ2n) is 6.51. The summed E-state index contributed by atoms with van der Waals surface area (Å²) in [7, 11) is 0. The fourth-order valence-corrected chi connectivity index (χ4v) is 3.01. The Balaban J connectivity index is 3.25. The average molecular weight is 346 g/mol. The Morgan fingerprint density at radius 3 is 1.92 bits per heavy atom.